The minimum atomic E-state index is -0.747. The molecule has 0 spiro atoms. The van der Waals surface area contributed by atoms with Gasteiger partial charge in [0.1, 0.15) is 5.75 Å². The van der Waals surface area contributed by atoms with Gasteiger partial charge in [-0.15, -0.1) is 0 Å². The van der Waals surface area contributed by atoms with E-state index in [1.807, 2.05) is 24.3 Å². The van der Waals surface area contributed by atoms with Crippen LogP contribution in [-0.2, 0) is 4.79 Å². The maximum absolute atomic E-state index is 11.1. The number of hydrogen-bond acceptors (Lipinski definition) is 4. The number of methoxy groups -OCH3 is 1. The molecule has 2 rings (SSSR count). The van der Waals surface area contributed by atoms with Gasteiger partial charge in [-0.05, 0) is 24.3 Å². The molecule has 1 atom stereocenters. The summed E-state index contributed by atoms with van der Waals surface area (Å²) in [6.45, 7) is 2.68. The van der Waals surface area contributed by atoms with Crippen LogP contribution in [0.3, 0.4) is 0 Å². The van der Waals surface area contributed by atoms with Gasteiger partial charge in [0, 0.05) is 31.9 Å². The fourth-order valence-electron chi connectivity index (χ4n) is 2.11. The van der Waals surface area contributed by atoms with E-state index in [1.165, 1.54) is 0 Å². The van der Waals surface area contributed by atoms with Crippen LogP contribution in [0.15, 0.2) is 24.3 Å². The van der Waals surface area contributed by atoms with Crippen molar-refractivity contribution in [3.05, 3.63) is 24.3 Å². The SMILES string of the molecule is COc1ccc(N2CCNCC(C(=O)O)C2)cc1. The Balaban J connectivity index is 2.11. The molecule has 1 aromatic rings. The number of carboxylic acids is 1. The Bertz CT molecular complexity index is 405. The molecular weight excluding hydrogens is 232 g/mol. The van der Waals surface area contributed by atoms with Crippen LogP contribution in [0.25, 0.3) is 0 Å². The van der Waals surface area contributed by atoms with Crippen molar-refractivity contribution in [3.8, 4) is 5.75 Å². The Labute approximate surface area is 106 Å². The quantitative estimate of drug-likeness (QED) is 0.831. The molecule has 0 bridgehead atoms. The van der Waals surface area contributed by atoms with E-state index in [0.29, 0.717) is 13.1 Å². The molecule has 1 heterocycles. The highest BCUT2D eigenvalue weighted by Crippen LogP contribution is 2.20. The van der Waals surface area contributed by atoms with Gasteiger partial charge in [-0.1, -0.05) is 0 Å². The summed E-state index contributed by atoms with van der Waals surface area (Å²) in [5.74, 6) is -0.306. The topological polar surface area (TPSA) is 61.8 Å². The molecule has 1 aliphatic heterocycles. The first kappa shape index (κ1) is 12.7. The van der Waals surface area contributed by atoms with Crippen molar-refractivity contribution < 1.29 is 14.6 Å². The molecule has 1 fully saturated rings. The first-order valence-corrected chi connectivity index (χ1v) is 6.03. The average Bonchev–Trinajstić information content (AvgIpc) is 2.65. The second-order valence-electron chi connectivity index (χ2n) is 4.38. The zero-order valence-electron chi connectivity index (χ0n) is 10.4. The molecule has 2 N–H and O–H groups in total. The lowest BCUT2D eigenvalue weighted by atomic mass is 10.1. The van der Waals surface area contributed by atoms with Gasteiger partial charge in [0.05, 0.1) is 13.0 Å². The zero-order chi connectivity index (χ0) is 13.0. The minimum Gasteiger partial charge on any atom is -0.497 e. The molecule has 5 heteroatoms. The van der Waals surface area contributed by atoms with E-state index >= 15 is 0 Å². The number of rotatable bonds is 3. The molecule has 0 radical (unpaired) electrons. The highest BCUT2D eigenvalue weighted by molar-refractivity contribution is 5.71. The summed E-state index contributed by atoms with van der Waals surface area (Å²) in [7, 11) is 1.63. The number of hydrogen-bond donors (Lipinski definition) is 2. The molecular formula is C13H18N2O3. The highest BCUT2D eigenvalue weighted by atomic mass is 16.5. The van der Waals surface area contributed by atoms with Crippen LogP contribution in [0.4, 0.5) is 5.69 Å². The van der Waals surface area contributed by atoms with Crippen LogP contribution in [0.2, 0.25) is 0 Å². The third-order valence-electron chi connectivity index (χ3n) is 3.18. The van der Waals surface area contributed by atoms with Crippen molar-refractivity contribution in [2.75, 3.05) is 38.2 Å². The molecule has 5 nitrogen and oxygen atoms in total. The number of nitrogens with one attached hydrogen (secondary N) is 1. The summed E-state index contributed by atoms with van der Waals surface area (Å²) in [5.41, 5.74) is 1.03. The van der Waals surface area contributed by atoms with E-state index in [9.17, 15) is 4.79 Å². The normalized spacial score (nSPS) is 20.3. The average molecular weight is 250 g/mol. The van der Waals surface area contributed by atoms with Crippen molar-refractivity contribution in [1.82, 2.24) is 5.32 Å². The standard InChI is InChI=1S/C13H18N2O3/c1-18-12-4-2-11(3-5-12)15-7-6-14-8-10(9-15)13(16)17/h2-5,10,14H,6-9H2,1H3,(H,16,17). The number of benzene rings is 1. The minimum absolute atomic E-state index is 0.366. The molecule has 18 heavy (non-hydrogen) atoms. The number of carbonyl (C=O) groups is 1. The Morgan fingerprint density at radius 2 is 2.17 bits per heavy atom. The van der Waals surface area contributed by atoms with Crippen LogP contribution in [0.1, 0.15) is 0 Å². The van der Waals surface area contributed by atoms with Gasteiger partial charge in [-0.25, -0.2) is 0 Å². The van der Waals surface area contributed by atoms with Crippen molar-refractivity contribution in [3.63, 3.8) is 0 Å². The largest absolute Gasteiger partial charge is 0.497 e. The monoisotopic (exact) mass is 250 g/mol. The molecule has 1 aromatic carbocycles. The summed E-state index contributed by atoms with van der Waals surface area (Å²) in [4.78, 5) is 13.2. The number of nitrogens with zero attached hydrogens (tertiary/aromatic N) is 1. The Morgan fingerprint density at radius 3 is 2.78 bits per heavy atom. The number of ether oxygens (including phenoxy) is 1. The highest BCUT2D eigenvalue weighted by Gasteiger charge is 2.23. The molecule has 98 valence electrons. The third kappa shape index (κ3) is 2.92. The van der Waals surface area contributed by atoms with Crippen LogP contribution in [0.5, 0.6) is 5.75 Å². The van der Waals surface area contributed by atoms with Crippen LogP contribution in [-0.4, -0.2) is 44.4 Å². The molecule has 0 amide bonds. The van der Waals surface area contributed by atoms with E-state index in [4.69, 9.17) is 9.84 Å². The first-order chi connectivity index (χ1) is 8.70. The van der Waals surface area contributed by atoms with Crippen molar-refractivity contribution >= 4 is 11.7 Å². The van der Waals surface area contributed by atoms with E-state index < -0.39 is 5.97 Å². The lowest BCUT2D eigenvalue weighted by Gasteiger charge is -2.24. The number of aliphatic carboxylic acids is 1. The van der Waals surface area contributed by atoms with Gasteiger partial charge < -0.3 is 20.1 Å². The second kappa shape index (κ2) is 5.73. The second-order valence-corrected chi connectivity index (χ2v) is 4.38. The van der Waals surface area contributed by atoms with E-state index in [0.717, 1.165) is 24.5 Å². The van der Waals surface area contributed by atoms with Crippen molar-refractivity contribution in [2.45, 2.75) is 0 Å². The van der Waals surface area contributed by atoms with Gasteiger partial charge >= 0.3 is 5.97 Å². The van der Waals surface area contributed by atoms with Gasteiger partial charge in [0.15, 0.2) is 0 Å². The maximum Gasteiger partial charge on any atom is 0.309 e. The van der Waals surface area contributed by atoms with Crippen LogP contribution >= 0.6 is 0 Å². The summed E-state index contributed by atoms with van der Waals surface area (Å²) >= 11 is 0. The first-order valence-electron chi connectivity index (χ1n) is 6.03. The fraction of sp³-hybridized carbons (Fsp3) is 0.462. The van der Waals surface area contributed by atoms with Gasteiger partial charge in [-0.3, -0.25) is 4.79 Å². The molecule has 0 saturated carbocycles. The fourth-order valence-corrected chi connectivity index (χ4v) is 2.11. The summed E-state index contributed by atoms with van der Waals surface area (Å²) < 4.78 is 5.12. The predicted molar refractivity (Wildman–Crippen MR) is 69.2 cm³/mol. The lowest BCUT2D eigenvalue weighted by molar-refractivity contribution is -0.141. The summed E-state index contributed by atoms with van der Waals surface area (Å²) in [6.07, 6.45) is 0. The lowest BCUT2D eigenvalue weighted by Crippen LogP contribution is -2.33. The molecule has 0 aliphatic carbocycles. The van der Waals surface area contributed by atoms with E-state index in [-0.39, 0.29) is 5.92 Å². The van der Waals surface area contributed by atoms with Crippen LogP contribution in [0, 0.1) is 5.92 Å². The van der Waals surface area contributed by atoms with E-state index in [2.05, 4.69) is 10.2 Å². The van der Waals surface area contributed by atoms with Crippen LogP contribution < -0.4 is 15.0 Å². The van der Waals surface area contributed by atoms with Gasteiger partial charge in [-0.2, -0.15) is 0 Å². The molecule has 1 aliphatic rings. The zero-order valence-corrected chi connectivity index (χ0v) is 10.4. The maximum atomic E-state index is 11.1. The van der Waals surface area contributed by atoms with Gasteiger partial charge in [0.25, 0.3) is 0 Å². The third-order valence-corrected chi connectivity index (χ3v) is 3.18. The number of carboxylic acid groups (broad SMARTS) is 1. The Morgan fingerprint density at radius 1 is 1.44 bits per heavy atom. The summed E-state index contributed by atoms with van der Waals surface area (Å²) in [5, 5.41) is 12.3. The molecule has 0 aromatic heterocycles. The number of anilines is 1. The molecule has 1 saturated heterocycles. The summed E-state index contributed by atoms with van der Waals surface area (Å²) in [6, 6.07) is 7.71. The van der Waals surface area contributed by atoms with Crippen molar-refractivity contribution in [1.29, 1.82) is 0 Å². The van der Waals surface area contributed by atoms with Gasteiger partial charge in [0.2, 0.25) is 0 Å². The van der Waals surface area contributed by atoms with E-state index in [1.54, 1.807) is 7.11 Å². The Kier molecular flexibility index (Phi) is 4.04. The smallest absolute Gasteiger partial charge is 0.309 e. The Hall–Kier alpha value is -1.75. The predicted octanol–water partition coefficient (Wildman–Crippen LogP) is 0.806. The molecule has 1 unspecified atom stereocenters. The van der Waals surface area contributed by atoms with Crippen molar-refractivity contribution in [2.24, 2.45) is 5.92 Å².